The first-order chi connectivity index (χ1) is 13.6. The molecule has 0 saturated carbocycles. The summed E-state index contributed by atoms with van der Waals surface area (Å²) < 4.78 is 7.75. The number of carbonyl (C=O) groups is 1. The van der Waals surface area contributed by atoms with Gasteiger partial charge in [0.2, 0.25) is 0 Å². The Bertz CT molecular complexity index is 1120. The molecule has 0 saturated heterocycles. The van der Waals surface area contributed by atoms with Gasteiger partial charge in [-0.25, -0.2) is 4.98 Å². The molecule has 0 aliphatic heterocycles. The molecule has 0 aliphatic carbocycles. The van der Waals surface area contributed by atoms with Crippen molar-refractivity contribution in [1.82, 2.24) is 9.38 Å². The monoisotopic (exact) mass is 411 g/mol. The second kappa shape index (κ2) is 7.92. The number of fused-ring (bicyclic) bond motifs is 1. The summed E-state index contributed by atoms with van der Waals surface area (Å²) >= 11 is 12.0. The van der Waals surface area contributed by atoms with Crippen LogP contribution in [0.5, 0.6) is 5.75 Å². The third-order valence-corrected chi connectivity index (χ3v) is 4.63. The highest BCUT2D eigenvalue weighted by atomic mass is 35.5. The van der Waals surface area contributed by atoms with E-state index in [1.54, 1.807) is 30.3 Å². The maximum Gasteiger partial charge on any atom is 0.257 e. The zero-order valence-electron chi connectivity index (χ0n) is 14.6. The molecular formula is C21H15Cl2N3O2. The highest BCUT2D eigenvalue weighted by Gasteiger charge is 2.12. The van der Waals surface area contributed by atoms with Gasteiger partial charge in [-0.15, -0.1) is 0 Å². The van der Waals surface area contributed by atoms with E-state index < -0.39 is 0 Å². The van der Waals surface area contributed by atoms with E-state index in [4.69, 9.17) is 27.9 Å². The van der Waals surface area contributed by atoms with Gasteiger partial charge in [-0.2, -0.15) is 0 Å². The second-order valence-corrected chi connectivity index (χ2v) is 6.94. The number of hydrogen-bond acceptors (Lipinski definition) is 3. The average Bonchev–Trinajstić information content (AvgIpc) is 3.11. The van der Waals surface area contributed by atoms with Crippen LogP contribution in [0, 0.1) is 0 Å². The number of halogens is 2. The Morgan fingerprint density at radius 2 is 1.96 bits per heavy atom. The Balaban J connectivity index is 1.45. The van der Waals surface area contributed by atoms with Crippen molar-refractivity contribution in [1.29, 1.82) is 0 Å². The van der Waals surface area contributed by atoms with Crippen LogP contribution >= 0.6 is 23.2 Å². The van der Waals surface area contributed by atoms with E-state index in [0.29, 0.717) is 33.7 Å². The minimum Gasteiger partial charge on any atom is -0.487 e. The summed E-state index contributed by atoms with van der Waals surface area (Å²) in [4.78, 5) is 17.0. The van der Waals surface area contributed by atoms with Crippen LogP contribution in [-0.4, -0.2) is 15.3 Å². The van der Waals surface area contributed by atoms with Gasteiger partial charge in [0.1, 0.15) is 18.0 Å². The molecule has 0 aliphatic rings. The number of hydrogen-bond donors (Lipinski definition) is 1. The first kappa shape index (κ1) is 18.3. The van der Waals surface area contributed by atoms with Crippen molar-refractivity contribution in [2.45, 2.75) is 6.61 Å². The highest BCUT2D eigenvalue weighted by Crippen LogP contribution is 2.23. The van der Waals surface area contributed by atoms with Gasteiger partial charge in [-0.3, -0.25) is 4.79 Å². The van der Waals surface area contributed by atoms with Gasteiger partial charge in [0.15, 0.2) is 0 Å². The number of aromatic nitrogens is 2. The molecule has 4 rings (SSSR count). The molecule has 140 valence electrons. The minimum atomic E-state index is -0.343. The topological polar surface area (TPSA) is 55.6 Å². The molecule has 1 N–H and O–H groups in total. The lowest BCUT2D eigenvalue weighted by molar-refractivity contribution is 0.102. The molecular weight excluding hydrogens is 397 g/mol. The molecule has 5 nitrogen and oxygen atoms in total. The predicted octanol–water partition coefficient (Wildman–Crippen LogP) is 5.47. The molecule has 28 heavy (non-hydrogen) atoms. The van der Waals surface area contributed by atoms with E-state index in [2.05, 4.69) is 10.3 Å². The van der Waals surface area contributed by atoms with Crippen molar-refractivity contribution < 1.29 is 9.53 Å². The van der Waals surface area contributed by atoms with Crippen LogP contribution in [0.4, 0.5) is 5.69 Å². The maximum atomic E-state index is 12.5. The van der Waals surface area contributed by atoms with Crippen molar-refractivity contribution in [3.05, 3.63) is 94.4 Å². The third kappa shape index (κ3) is 4.11. The molecule has 0 fully saturated rings. The van der Waals surface area contributed by atoms with E-state index in [9.17, 15) is 4.79 Å². The minimum absolute atomic E-state index is 0.310. The van der Waals surface area contributed by atoms with Crippen molar-refractivity contribution in [3.63, 3.8) is 0 Å². The van der Waals surface area contributed by atoms with Crippen molar-refractivity contribution >= 4 is 40.4 Å². The number of anilines is 1. The number of benzene rings is 2. The van der Waals surface area contributed by atoms with E-state index >= 15 is 0 Å². The first-order valence-electron chi connectivity index (χ1n) is 8.50. The molecule has 1 amide bonds. The number of nitrogens with one attached hydrogen (secondary N) is 1. The lowest BCUT2D eigenvalue weighted by Crippen LogP contribution is -2.12. The van der Waals surface area contributed by atoms with Gasteiger partial charge in [-0.1, -0.05) is 35.3 Å². The van der Waals surface area contributed by atoms with Crippen LogP contribution in [0.3, 0.4) is 0 Å². The van der Waals surface area contributed by atoms with Gasteiger partial charge < -0.3 is 14.5 Å². The summed E-state index contributed by atoms with van der Waals surface area (Å²) in [6, 6.07) is 17.7. The van der Waals surface area contributed by atoms with Crippen LogP contribution in [0.1, 0.15) is 16.1 Å². The SMILES string of the molecule is O=C(Nc1cccc(OCc2cn3ccccc3n2)c1)c1cc(Cl)ccc1Cl. The molecule has 0 spiro atoms. The van der Waals surface area contributed by atoms with Gasteiger partial charge in [0.25, 0.3) is 5.91 Å². The van der Waals surface area contributed by atoms with Gasteiger partial charge in [-0.05, 0) is 42.5 Å². The number of nitrogens with zero attached hydrogens (tertiary/aromatic N) is 2. The Hall–Kier alpha value is -3.02. The van der Waals surface area contributed by atoms with Crippen LogP contribution in [0.2, 0.25) is 10.0 Å². The number of rotatable bonds is 5. The Morgan fingerprint density at radius 3 is 2.82 bits per heavy atom. The van der Waals surface area contributed by atoms with Crippen molar-refractivity contribution in [2.75, 3.05) is 5.32 Å². The summed E-state index contributed by atoms with van der Waals surface area (Å²) in [5.41, 5.74) is 2.57. The highest BCUT2D eigenvalue weighted by molar-refractivity contribution is 6.36. The van der Waals surface area contributed by atoms with Crippen LogP contribution < -0.4 is 10.1 Å². The Morgan fingerprint density at radius 1 is 1.07 bits per heavy atom. The molecule has 7 heteroatoms. The maximum absolute atomic E-state index is 12.5. The number of ether oxygens (including phenoxy) is 1. The fourth-order valence-corrected chi connectivity index (χ4v) is 3.12. The summed E-state index contributed by atoms with van der Waals surface area (Å²) in [5.74, 6) is 0.275. The zero-order valence-corrected chi connectivity index (χ0v) is 16.1. The molecule has 0 bridgehead atoms. The number of carbonyl (C=O) groups excluding carboxylic acids is 1. The molecule has 2 aromatic carbocycles. The Labute approximate surface area is 171 Å². The Kier molecular flexibility index (Phi) is 5.19. The molecule has 4 aromatic rings. The number of amides is 1. The van der Waals surface area contributed by atoms with Crippen molar-refractivity contribution in [3.8, 4) is 5.75 Å². The van der Waals surface area contributed by atoms with Crippen molar-refractivity contribution in [2.24, 2.45) is 0 Å². The van der Waals surface area contributed by atoms with Gasteiger partial charge in [0, 0.05) is 29.2 Å². The first-order valence-corrected chi connectivity index (χ1v) is 9.26. The standard InChI is InChI=1S/C21H15Cl2N3O2/c22-14-7-8-19(23)18(10-14)21(27)25-15-4-3-5-17(11-15)28-13-16-12-26-9-2-1-6-20(26)24-16/h1-12H,13H2,(H,25,27). The normalized spacial score (nSPS) is 10.8. The molecule has 0 unspecified atom stereocenters. The fraction of sp³-hybridized carbons (Fsp3) is 0.0476. The lowest BCUT2D eigenvalue weighted by Gasteiger charge is -2.09. The van der Waals surface area contributed by atoms with Crippen LogP contribution in [0.15, 0.2) is 73.1 Å². The third-order valence-electron chi connectivity index (χ3n) is 4.07. The lowest BCUT2D eigenvalue weighted by atomic mass is 10.2. The quantitative estimate of drug-likeness (QED) is 0.473. The van der Waals surface area contributed by atoms with Crippen LogP contribution in [-0.2, 0) is 6.61 Å². The molecule has 0 atom stereocenters. The van der Waals surface area contributed by atoms with E-state index in [1.165, 1.54) is 6.07 Å². The smallest absolute Gasteiger partial charge is 0.257 e. The fourth-order valence-electron chi connectivity index (χ4n) is 2.75. The van der Waals surface area contributed by atoms with Gasteiger partial charge in [0.05, 0.1) is 16.3 Å². The number of pyridine rings is 1. The van der Waals surface area contributed by atoms with Crippen LogP contribution in [0.25, 0.3) is 5.65 Å². The predicted molar refractivity (Wildman–Crippen MR) is 110 cm³/mol. The summed E-state index contributed by atoms with van der Waals surface area (Å²) in [6.45, 7) is 0.319. The van der Waals surface area contributed by atoms with E-state index in [-0.39, 0.29) is 5.91 Å². The summed E-state index contributed by atoms with van der Waals surface area (Å²) in [5, 5.41) is 3.58. The largest absolute Gasteiger partial charge is 0.487 e. The molecule has 2 aromatic heterocycles. The zero-order chi connectivity index (χ0) is 19.5. The van der Waals surface area contributed by atoms with E-state index in [0.717, 1.165) is 11.3 Å². The number of imidazole rings is 1. The molecule has 2 heterocycles. The average molecular weight is 412 g/mol. The second-order valence-electron chi connectivity index (χ2n) is 6.09. The van der Waals surface area contributed by atoms with Gasteiger partial charge >= 0.3 is 0 Å². The van der Waals surface area contributed by atoms with E-state index in [1.807, 2.05) is 41.1 Å². The summed E-state index contributed by atoms with van der Waals surface area (Å²) in [6.07, 6.45) is 3.85. The molecule has 0 radical (unpaired) electrons. The summed E-state index contributed by atoms with van der Waals surface area (Å²) in [7, 11) is 0.